The Balaban J connectivity index is 2.87. The predicted octanol–water partition coefficient (Wildman–Crippen LogP) is -0.0403. The number of carboxylic acid groups (broad SMARTS) is 1. The number of aliphatic carboxylic acids is 1. The van der Waals surface area contributed by atoms with Gasteiger partial charge in [0.15, 0.2) is 0 Å². The van der Waals surface area contributed by atoms with E-state index in [-0.39, 0.29) is 11.7 Å². The Bertz CT molecular complexity index is 329. The lowest BCUT2D eigenvalue weighted by atomic mass is 10.2. The van der Waals surface area contributed by atoms with E-state index in [4.69, 9.17) is 15.6 Å². The molecule has 0 amide bonds. The third kappa shape index (κ3) is 2.40. The van der Waals surface area contributed by atoms with Gasteiger partial charge in [-0.25, -0.2) is 4.98 Å². The van der Waals surface area contributed by atoms with Crippen molar-refractivity contribution >= 4 is 5.97 Å². The van der Waals surface area contributed by atoms with Crippen LogP contribution in [0.5, 0.6) is 6.01 Å². The molecule has 6 heteroatoms. The van der Waals surface area contributed by atoms with Gasteiger partial charge < -0.3 is 15.6 Å². The molecule has 1 aromatic heterocycles. The summed E-state index contributed by atoms with van der Waals surface area (Å²) in [6.07, 6.45) is 1.41. The highest BCUT2D eigenvalue weighted by atomic mass is 16.5. The van der Waals surface area contributed by atoms with Crippen molar-refractivity contribution in [2.24, 2.45) is 5.73 Å². The van der Waals surface area contributed by atoms with Crippen LogP contribution in [-0.2, 0) is 4.79 Å². The fraction of sp³-hybridized carbons (Fsp3) is 0.375. The van der Waals surface area contributed by atoms with E-state index in [9.17, 15) is 4.79 Å². The third-order valence-corrected chi connectivity index (χ3v) is 1.51. The lowest BCUT2D eigenvalue weighted by Gasteiger charge is -2.06. The zero-order chi connectivity index (χ0) is 10.6. The summed E-state index contributed by atoms with van der Waals surface area (Å²) in [5.41, 5.74) is 5.59. The topological polar surface area (TPSA) is 98.3 Å². The highest BCUT2D eigenvalue weighted by molar-refractivity contribution is 5.74. The molecular weight excluding hydrogens is 186 g/mol. The molecular formula is C8H11N3O3. The Labute approximate surface area is 80.7 Å². The first kappa shape index (κ1) is 10.4. The minimum atomic E-state index is -1.14. The maximum Gasteiger partial charge on any atom is 0.326 e. The van der Waals surface area contributed by atoms with Crippen molar-refractivity contribution in [1.29, 1.82) is 0 Å². The number of hydrogen-bond donors (Lipinski definition) is 2. The highest BCUT2D eigenvalue weighted by Crippen LogP contribution is 2.09. The zero-order valence-electron chi connectivity index (χ0n) is 7.67. The Morgan fingerprint density at radius 2 is 2.50 bits per heavy atom. The second-order valence-electron chi connectivity index (χ2n) is 2.51. The SMILES string of the molecule is CCOc1nccc(C(N)C(=O)O)n1. The van der Waals surface area contributed by atoms with Crippen molar-refractivity contribution < 1.29 is 14.6 Å². The molecule has 1 unspecified atom stereocenters. The van der Waals surface area contributed by atoms with E-state index in [0.717, 1.165) is 0 Å². The molecule has 0 spiro atoms. The lowest BCUT2D eigenvalue weighted by molar-refractivity contribution is -0.138. The van der Waals surface area contributed by atoms with Crippen LogP contribution >= 0.6 is 0 Å². The maximum atomic E-state index is 10.5. The van der Waals surface area contributed by atoms with Gasteiger partial charge in [0.2, 0.25) is 0 Å². The maximum absolute atomic E-state index is 10.5. The Morgan fingerprint density at radius 3 is 3.07 bits per heavy atom. The number of nitrogens with zero attached hydrogens (tertiary/aromatic N) is 2. The molecule has 0 saturated heterocycles. The van der Waals surface area contributed by atoms with Crippen molar-refractivity contribution in [3.63, 3.8) is 0 Å². The molecule has 0 saturated carbocycles. The molecule has 1 aromatic rings. The number of ether oxygens (including phenoxy) is 1. The van der Waals surface area contributed by atoms with E-state index in [0.29, 0.717) is 6.61 Å². The van der Waals surface area contributed by atoms with Crippen LogP contribution in [0, 0.1) is 0 Å². The molecule has 76 valence electrons. The molecule has 0 radical (unpaired) electrons. The molecule has 6 nitrogen and oxygen atoms in total. The van der Waals surface area contributed by atoms with Crippen molar-refractivity contribution in [1.82, 2.24) is 9.97 Å². The highest BCUT2D eigenvalue weighted by Gasteiger charge is 2.16. The molecule has 14 heavy (non-hydrogen) atoms. The summed E-state index contributed by atoms with van der Waals surface area (Å²) in [6, 6.07) is 0.445. The predicted molar refractivity (Wildman–Crippen MR) is 47.8 cm³/mol. The molecule has 0 aliphatic rings. The van der Waals surface area contributed by atoms with Gasteiger partial charge in [-0.15, -0.1) is 0 Å². The number of carbonyl (C=O) groups is 1. The summed E-state index contributed by atoms with van der Waals surface area (Å²) >= 11 is 0. The zero-order valence-corrected chi connectivity index (χ0v) is 7.67. The fourth-order valence-electron chi connectivity index (χ4n) is 0.852. The van der Waals surface area contributed by atoms with Crippen molar-refractivity contribution in [3.05, 3.63) is 18.0 Å². The van der Waals surface area contributed by atoms with Crippen LogP contribution < -0.4 is 10.5 Å². The summed E-state index contributed by atoms with van der Waals surface area (Å²) in [4.78, 5) is 18.2. The first-order valence-corrected chi connectivity index (χ1v) is 4.09. The van der Waals surface area contributed by atoms with E-state index in [1.54, 1.807) is 6.92 Å². The first-order valence-electron chi connectivity index (χ1n) is 4.09. The summed E-state index contributed by atoms with van der Waals surface area (Å²) in [6.45, 7) is 2.21. The van der Waals surface area contributed by atoms with Crippen LogP contribution in [0.15, 0.2) is 12.3 Å². The van der Waals surface area contributed by atoms with E-state index in [1.807, 2.05) is 0 Å². The molecule has 0 aliphatic carbocycles. The summed E-state index contributed by atoms with van der Waals surface area (Å²) < 4.78 is 5.01. The van der Waals surface area contributed by atoms with E-state index >= 15 is 0 Å². The molecule has 0 fully saturated rings. The van der Waals surface area contributed by atoms with Crippen molar-refractivity contribution in [2.45, 2.75) is 13.0 Å². The molecule has 0 bridgehead atoms. The van der Waals surface area contributed by atoms with Gasteiger partial charge in [-0.3, -0.25) is 4.79 Å². The first-order chi connectivity index (χ1) is 6.65. The van der Waals surface area contributed by atoms with Crippen LogP contribution in [0.4, 0.5) is 0 Å². The summed E-state index contributed by atoms with van der Waals surface area (Å²) in [5.74, 6) is -1.13. The molecule has 1 rings (SSSR count). The molecule has 1 atom stereocenters. The molecule has 0 aromatic carbocycles. The second-order valence-corrected chi connectivity index (χ2v) is 2.51. The van der Waals surface area contributed by atoms with Crippen LogP contribution in [0.2, 0.25) is 0 Å². The van der Waals surface area contributed by atoms with Gasteiger partial charge in [-0.2, -0.15) is 4.98 Å². The quantitative estimate of drug-likeness (QED) is 0.702. The summed E-state index contributed by atoms with van der Waals surface area (Å²) in [5, 5.41) is 8.63. The number of rotatable bonds is 4. The van der Waals surface area contributed by atoms with Crippen LogP contribution in [-0.4, -0.2) is 27.7 Å². The third-order valence-electron chi connectivity index (χ3n) is 1.51. The second kappa shape index (κ2) is 4.52. The van der Waals surface area contributed by atoms with Crippen molar-refractivity contribution in [3.8, 4) is 6.01 Å². The number of aromatic nitrogens is 2. The van der Waals surface area contributed by atoms with Gasteiger partial charge in [-0.1, -0.05) is 0 Å². The number of nitrogens with two attached hydrogens (primary N) is 1. The molecule has 3 N–H and O–H groups in total. The Morgan fingerprint density at radius 1 is 1.79 bits per heavy atom. The normalized spacial score (nSPS) is 12.1. The molecule has 0 aliphatic heterocycles. The van der Waals surface area contributed by atoms with Crippen LogP contribution in [0.25, 0.3) is 0 Å². The standard InChI is InChI=1S/C8H11N3O3/c1-2-14-8-10-4-3-5(11-8)6(9)7(12)13/h3-4,6H,2,9H2,1H3,(H,12,13). The van der Waals surface area contributed by atoms with E-state index < -0.39 is 12.0 Å². The lowest BCUT2D eigenvalue weighted by Crippen LogP contribution is -2.22. The monoisotopic (exact) mass is 197 g/mol. The van der Waals surface area contributed by atoms with E-state index in [1.165, 1.54) is 12.3 Å². The fourth-order valence-corrected chi connectivity index (χ4v) is 0.852. The van der Waals surface area contributed by atoms with Gasteiger partial charge in [0, 0.05) is 6.20 Å². The minimum Gasteiger partial charge on any atom is -0.480 e. The van der Waals surface area contributed by atoms with E-state index in [2.05, 4.69) is 9.97 Å². The number of hydrogen-bond acceptors (Lipinski definition) is 5. The van der Waals surface area contributed by atoms with Gasteiger partial charge in [0.05, 0.1) is 12.3 Å². The van der Waals surface area contributed by atoms with Gasteiger partial charge >= 0.3 is 12.0 Å². The largest absolute Gasteiger partial charge is 0.480 e. The van der Waals surface area contributed by atoms with Crippen LogP contribution in [0.1, 0.15) is 18.7 Å². The van der Waals surface area contributed by atoms with Gasteiger partial charge in [-0.05, 0) is 13.0 Å². The summed E-state index contributed by atoms with van der Waals surface area (Å²) in [7, 11) is 0. The van der Waals surface area contributed by atoms with Crippen molar-refractivity contribution in [2.75, 3.05) is 6.61 Å². The van der Waals surface area contributed by atoms with Gasteiger partial charge in [0.1, 0.15) is 6.04 Å². The Kier molecular flexibility index (Phi) is 3.35. The average molecular weight is 197 g/mol. The Hall–Kier alpha value is -1.69. The number of carboxylic acids is 1. The van der Waals surface area contributed by atoms with Gasteiger partial charge in [0.25, 0.3) is 0 Å². The van der Waals surface area contributed by atoms with Crippen LogP contribution in [0.3, 0.4) is 0 Å². The smallest absolute Gasteiger partial charge is 0.326 e. The average Bonchev–Trinajstić information content (AvgIpc) is 2.17. The minimum absolute atomic E-state index is 0.140. The molecule has 1 heterocycles.